The summed E-state index contributed by atoms with van der Waals surface area (Å²) < 4.78 is 5.35. The molecule has 0 heterocycles. The van der Waals surface area contributed by atoms with Crippen molar-refractivity contribution in [2.75, 3.05) is 6.61 Å². The van der Waals surface area contributed by atoms with E-state index in [0.29, 0.717) is 11.1 Å². The summed E-state index contributed by atoms with van der Waals surface area (Å²) in [5.74, 6) is 2.57. The van der Waals surface area contributed by atoms with Crippen LogP contribution in [0.1, 0.15) is 11.1 Å². The Bertz CT molecular complexity index is 966. The number of terminal acetylenes is 1. The average Bonchev–Trinajstić information content (AvgIpc) is 2.64. The van der Waals surface area contributed by atoms with Crippen molar-refractivity contribution in [2.24, 2.45) is 0 Å². The highest BCUT2D eigenvalue weighted by Crippen LogP contribution is 2.29. The molecule has 0 atom stereocenters. The summed E-state index contributed by atoms with van der Waals surface area (Å²) in [7, 11) is 0. The zero-order valence-corrected chi connectivity index (χ0v) is 13.3. The second-order valence-electron chi connectivity index (χ2n) is 4.95. The fourth-order valence-corrected chi connectivity index (χ4v) is 2.11. The Morgan fingerprint density at radius 3 is 2.27 bits per heavy atom. The minimum Gasteiger partial charge on any atom is -0.480 e. The molecule has 0 unspecified atom stereocenters. The zero-order chi connectivity index (χ0) is 19.1. The zero-order valence-electron chi connectivity index (χ0n) is 13.3. The summed E-state index contributed by atoms with van der Waals surface area (Å²) in [6.07, 6.45) is 6.56. The van der Waals surface area contributed by atoms with E-state index in [2.05, 4.69) is 5.92 Å². The Hall–Kier alpha value is -4.17. The third-order valence-corrected chi connectivity index (χ3v) is 3.32. The van der Waals surface area contributed by atoms with Crippen LogP contribution in [0.4, 0.5) is 11.4 Å². The van der Waals surface area contributed by atoms with Crippen molar-refractivity contribution >= 4 is 23.0 Å². The minimum absolute atomic E-state index is 0.0436. The summed E-state index contributed by atoms with van der Waals surface area (Å²) in [5.41, 5.74) is 0.590. The van der Waals surface area contributed by atoms with E-state index in [4.69, 9.17) is 11.2 Å². The van der Waals surface area contributed by atoms with Gasteiger partial charge in [0.15, 0.2) is 0 Å². The largest absolute Gasteiger partial charge is 0.480 e. The standard InChI is InChI=1S/C18H11N3O5/c1-2-9-26-18-8-7-17(21(24)25)11-14(18)10-15(12-19)13-3-5-16(6-4-13)20(22)23/h1,3-8,10-11H,9H2/b15-10-. The Morgan fingerprint density at radius 1 is 1.12 bits per heavy atom. The molecule has 0 saturated heterocycles. The molecule has 2 rings (SSSR count). The molecule has 0 fully saturated rings. The lowest BCUT2D eigenvalue weighted by Gasteiger charge is -2.07. The fourth-order valence-electron chi connectivity index (χ4n) is 2.11. The van der Waals surface area contributed by atoms with E-state index < -0.39 is 9.85 Å². The van der Waals surface area contributed by atoms with Crippen LogP contribution < -0.4 is 4.74 Å². The van der Waals surface area contributed by atoms with Crippen molar-refractivity contribution in [1.82, 2.24) is 0 Å². The SMILES string of the molecule is C#CCOc1ccc([N+](=O)[O-])cc1/C=C(/C#N)c1ccc([N+](=O)[O-])cc1. The van der Waals surface area contributed by atoms with Gasteiger partial charge in [0, 0.05) is 29.8 Å². The molecule has 128 valence electrons. The molecule has 2 aromatic rings. The van der Waals surface area contributed by atoms with Crippen LogP contribution in [-0.2, 0) is 0 Å². The highest BCUT2D eigenvalue weighted by molar-refractivity contribution is 5.91. The normalized spacial score (nSPS) is 10.5. The lowest BCUT2D eigenvalue weighted by atomic mass is 10.0. The number of ether oxygens (including phenoxy) is 1. The van der Waals surface area contributed by atoms with Gasteiger partial charge in [-0.2, -0.15) is 5.26 Å². The number of hydrogen-bond acceptors (Lipinski definition) is 6. The molecule has 0 spiro atoms. The minimum atomic E-state index is -0.569. The molecular weight excluding hydrogens is 338 g/mol. The van der Waals surface area contributed by atoms with Crippen LogP contribution >= 0.6 is 0 Å². The Balaban J connectivity index is 2.51. The van der Waals surface area contributed by atoms with Crippen molar-refractivity contribution < 1.29 is 14.6 Å². The molecule has 0 saturated carbocycles. The van der Waals surface area contributed by atoms with E-state index in [1.165, 1.54) is 48.5 Å². The summed E-state index contributed by atoms with van der Waals surface area (Å²) in [6, 6.07) is 11.3. The summed E-state index contributed by atoms with van der Waals surface area (Å²) >= 11 is 0. The van der Waals surface area contributed by atoms with E-state index in [1.54, 1.807) is 0 Å². The number of benzene rings is 2. The number of rotatable bonds is 6. The molecule has 0 aliphatic rings. The van der Waals surface area contributed by atoms with Crippen molar-refractivity contribution in [3.05, 3.63) is 73.8 Å². The maximum atomic E-state index is 11.0. The first kappa shape index (κ1) is 18.2. The van der Waals surface area contributed by atoms with E-state index in [-0.39, 0.29) is 29.3 Å². The fraction of sp³-hybridized carbons (Fsp3) is 0.0556. The summed E-state index contributed by atoms with van der Waals surface area (Å²) in [6.45, 7) is -0.0436. The summed E-state index contributed by atoms with van der Waals surface area (Å²) in [4.78, 5) is 20.6. The van der Waals surface area contributed by atoms with Crippen LogP contribution in [0.25, 0.3) is 11.6 Å². The number of hydrogen-bond donors (Lipinski definition) is 0. The second kappa shape index (κ2) is 8.08. The van der Waals surface area contributed by atoms with Gasteiger partial charge in [0.1, 0.15) is 12.4 Å². The van der Waals surface area contributed by atoms with Gasteiger partial charge in [-0.3, -0.25) is 20.2 Å². The number of nitrogens with zero attached hydrogens (tertiary/aromatic N) is 3. The monoisotopic (exact) mass is 349 g/mol. The third-order valence-electron chi connectivity index (χ3n) is 3.32. The molecule has 0 radical (unpaired) electrons. The molecule has 2 aromatic carbocycles. The van der Waals surface area contributed by atoms with Crippen LogP contribution in [-0.4, -0.2) is 16.5 Å². The Kier molecular flexibility index (Phi) is 5.65. The number of nitro benzene ring substituents is 2. The van der Waals surface area contributed by atoms with Gasteiger partial charge >= 0.3 is 0 Å². The van der Waals surface area contributed by atoms with Gasteiger partial charge in [0.25, 0.3) is 11.4 Å². The van der Waals surface area contributed by atoms with Gasteiger partial charge < -0.3 is 4.74 Å². The molecule has 0 N–H and O–H groups in total. The molecule has 0 aromatic heterocycles. The highest BCUT2D eigenvalue weighted by Gasteiger charge is 2.13. The first-order valence-electron chi connectivity index (χ1n) is 7.17. The quantitative estimate of drug-likeness (QED) is 0.258. The van der Waals surface area contributed by atoms with E-state index in [1.807, 2.05) is 6.07 Å². The highest BCUT2D eigenvalue weighted by atomic mass is 16.6. The first-order valence-corrected chi connectivity index (χ1v) is 7.17. The molecule has 0 aliphatic heterocycles. The molecule has 8 heteroatoms. The second-order valence-corrected chi connectivity index (χ2v) is 4.95. The maximum Gasteiger partial charge on any atom is 0.270 e. The Morgan fingerprint density at radius 2 is 1.73 bits per heavy atom. The molecule has 0 bridgehead atoms. The lowest BCUT2D eigenvalue weighted by molar-refractivity contribution is -0.385. The first-order chi connectivity index (χ1) is 12.5. The maximum absolute atomic E-state index is 11.0. The van der Waals surface area contributed by atoms with Gasteiger partial charge in [-0.15, -0.1) is 6.42 Å². The van der Waals surface area contributed by atoms with Crippen molar-refractivity contribution in [3.8, 4) is 24.2 Å². The number of allylic oxidation sites excluding steroid dienone is 1. The molecule has 0 amide bonds. The van der Waals surface area contributed by atoms with Gasteiger partial charge in [0.05, 0.1) is 21.5 Å². The van der Waals surface area contributed by atoms with Gasteiger partial charge in [-0.25, -0.2) is 0 Å². The van der Waals surface area contributed by atoms with E-state index in [0.717, 1.165) is 0 Å². The number of nitro groups is 2. The summed E-state index contributed by atoms with van der Waals surface area (Å²) in [5, 5.41) is 31.1. The molecule has 8 nitrogen and oxygen atoms in total. The van der Waals surface area contributed by atoms with Crippen LogP contribution in [0.5, 0.6) is 5.75 Å². The van der Waals surface area contributed by atoms with Crippen LogP contribution in [0.2, 0.25) is 0 Å². The van der Waals surface area contributed by atoms with Crippen molar-refractivity contribution in [1.29, 1.82) is 5.26 Å². The van der Waals surface area contributed by atoms with Gasteiger partial charge in [-0.05, 0) is 29.8 Å². The van der Waals surface area contributed by atoms with E-state index in [9.17, 15) is 25.5 Å². The average molecular weight is 349 g/mol. The number of non-ortho nitro benzene ring substituents is 2. The predicted octanol–water partition coefficient (Wildman–Crippen LogP) is 3.58. The van der Waals surface area contributed by atoms with Gasteiger partial charge in [0.2, 0.25) is 0 Å². The third kappa shape index (κ3) is 4.22. The molecule has 26 heavy (non-hydrogen) atoms. The van der Waals surface area contributed by atoms with Crippen molar-refractivity contribution in [3.63, 3.8) is 0 Å². The van der Waals surface area contributed by atoms with Crippen LogP contribution in [0.15, 0.2) is 42.5 Å². The van der Waals surface area contributed by atoms with Crippen LogP contribution in [0.3, 0.4) is 0 Å². The molecule has 0 aliphatic carbocycles. The van der Waals surface area contributed by atoms with Crippen molar-refractivity contribution in [2.45, 2.75) is 0 Å². The smallest absolute Gasteiger partial charge is 0.270 e. The van der Waals surface area contributed by atoms with Crippen LogP contribution in [0, 0.1) is 43.9 Å². The predicted molar refractivity (Wildman–Crippen MR) is 94.0 cm³/mol. The van der Waals surface area contributed by atoms with E-state index >= 15 is 0 Å². The number of nitriles is 1. The lowest BCUT2D eigenvalue weighted by Crippen LogP contribution is -1.97. The van der Waals surface area contributed by atoms with Gasteiger partial charge in [-0.1, -0.05) is 5.92 Å². The molecular formula is C18H11N3O5. The Labute approximate surface area is 148 Å². The topological polar surface area (TPSA) is 119 Å².